The Morgan fingerprint density at radius 2 is 1.69 bits per heavy atom. The molecule has 0 radical (unpaired) electrons. The minimum absolute atomic E-state index is 0.0269. The number of aryl methyl sites for hydroxylation is 1. The highest BCUT2D eigenvalue weighted by Crippen LogP contribution is 2.13. The molecular weight excluding hydrogens is 346 g/mol. The summed E-state index contributed by atoms with van der Waals surface area (Å²) in [7, 11) is 0. The molecule has 0 fully saturated rings. The van der Waals surface area contributed by atoms with Crippen LogP contribution in [0.25, 0.3) is 0 Å². The molecule has 0 spiro atoms. The van der Waals surface area contributed by atoms with E-state index in [4.69, 9.17) is 0 Å². The zero-order valence-corrected chi connectivity index (χ0v) is 16.0. The zero-order valence-electron chi connectivity index (χ0n) is 15.2. The first-order chi connectivity index (χ1) is 12.6. The summed E-state index contributed by atoms with van der Waals surface area (Å²) < 4.78 is 0. The Balaban J connectivity index is 1.84. The number of anilines is 2. The molecule has 26 heavy (non-hydrogen) atoms. The highest BCUT2D eigenvalue weighted by molar-refractivity contribution is 7.99. The second-order valence-corrected chi connectivity index (χ2v) is 7.08. The normalized spacial score (nSPS) is 10.2. The van der Waals surface area contributed by atoms with E-state index < -0.39 is 0 Å². The maximum atomic E-state index is 12.1. The van der Waals surface area contributed by atoms with Gasteiger partial charge in [-0.3, -0.25) is 4.79 Å². The first kappa shape index (κ1) is 19.8. The lowest BCUT2D eigenvalue weighted by molar-refractivity contribution is -0.118. The van der Waals surface area contributed by atoms with E-state index in [2.05, 4.69) is 22.9 Å². The summed E-state index contributed by atoms with van der Waals surface area (Å²) >= 11 is 1.63. The number of hydrogen-bond acceptors (Lipinski definition) is 3. The van der Waals surface area contributed by atoms with Gasteiger partial charge in [-0.1, -0.05) is 31.2 Å². The smallest absolute Gasteiger partial charge is 0.323 e. The van der Waals surface area contributed by atoms with Gasteiger partial charge in [0.05, 0.1) is 5.75 Å². The summed E-state index contributed by atoms with van der Waals surface area (Å²) in [6.07, 6.45) is 1.07. The topological polar surface area (TPSA) is 70.2 Å². The molecule has 2 aromatic rings. The van der Waals surface area contributed by atoms with Crippen LogP contribution in [0, 0.1) is 6.92 Å². The number of urea groups is 1. The SMILES string of the molecule is CCCSCC(=O)NCc1cccc(NC(=O)Nc2cccc(C)c2)c1. The highest BCUT2D eigenvalue weighted by Gasteiger charge is 2.05. The van der Waals surface area contributed by atoms with E-state index >= 15 is 0 Å². The van der Waals surface area contributed by atoms with Crippen LogP contribution in [-0.2, 0) is 11.3 Å². The van der Waals surface area contributed by atoms with Crippen molar-refractivity contribution in [1.82, 2.24) is 5.32 Å². The molecule has 3 N–H and O–H groups in total. The molecule has 0 aliphatic heterocycles. The predicted molar refractivity (Wildman–Crippen MR) is 110 cm³/mol. The monoisotopic (exact) mass is 371 g/mol. The number of carbonyl (C=O) groups excluding carboxylic acids is 2. The lowest BCUT2D eigenvalue weighted by Crippen LogP contribution is -2.25. The van der Waals surface area contributed by atoms with Gasteiger partial charge in [0.2, 0.25) is 5.91 Å². The summed E-state index contributed by atoms with van der Waals surface area (Å²) in [4.78, 5) is 23.9. The second kappa shape index (κ2) is 10.5. The fourth-order valence-electron chi connectivity index (χ4n) is 2.34. The molecule has 2 aromatic carbocycles. The van der Waals surface area contributed by atoms with Crippen molar-refractivity contribution in [2.75, 3.05) is 22.1 Å². The van der Waals surface area contributed by atoms with E-state index in [1.54, 1.807) is 11.8 Å². The van der Waals surface area contributed by atoms with Crippen molar-refractivity contribution in [3.8, 4) is 0 Å². The van der Waals surface area contributed by atoms with Crippen molar-refractivity contribution in [1.29, 1.82) is 0 Å². The number of amides is 3. The van der Waals surface area contributed by atoms with Crippen molar-refractivity contribution in [3.05, 3.63) is 59.7 Å². The van der Waals surface area contributed by atoms with Crippen LogP contribution in [0.2, 0.25) is 0 Å². The molecule has 138 valence electrons. The van der Waals surface area contributed by atoms with Crippen molar-refractivity contribution in [3.63, 3.8) is 0 Å². The van der Waals surface area contributed by atoms with Gasteiger partial charge in [0.25, 0.3) is 0 Å². The Kier molecular flexibility index (Phi) is 8.02. The van der Waals surface area contributed by atoms with Crippen molar-refractivity contribution >= 4 is 35.1 Å². The molecule has 3 amide bonds. The van der Waals surface area contributed by atoms with E-state index in [-0.39, 0.29) is 11.9 Å². The summed E-state index contributed by atoms with van der Waals surface area (Å²) in [6, 6.07) is 14.8. The first-order valence-electron chi connectivity index (χ1n) is 8.65. The van der Waals surface area contributed by atoms with Crippen molar-refractivity contribution in [2.45, 2.75) is 26.8 Å². The second-order valence-electron chi connectivity index (χ2n) is 5.98. The molecule has 6 heteroatoms. The van der Waals surface area contributed by atoms with Gasteiger partial charge in [-0.05, 0) is 54.5 Å². The quantitative estimate of drug-likeness (QED) is 0.603. The number of nitrogens with one attached hydrogen (secondary N) is 3. The standard InChI is InChI=1S/C20H25N3O2S/c1-3-10-26-14-19(24)21-13-16-7-5-9-18(12-16)23-20(25)22-17-8-4-6-15(2)11-17/h4-9,11-12H,3,10,13-14H2,1-2H3,(H,21,24)(H2,22,23,25). The predicted octanol–water partition coefficient (Wildman–Crippen LogP) is 4.40. The number of benzene rings is 2. The summed E-state index contributed by atoms with van der Waals surface area (Å²) in [6.45, 7) is 4.51. The number of rotatable bonds is 8. The Bertz CT molecular complexity index is 749. The third-order valence-corrected chi connectivity index (χ3v) is 4.70. The molecule has 0 aromatic heterocycles. The average molecular weight is 372 g/mol. The van der Waals surface area contributed by atoms with E-state index in [0.29, 0.717) is 18.0 Å². The van der Waals surface area contributed by atoms with Crippen molar-refractivity contribution < 1.29 is 9.59 Å². The van der Waals surface area contributed by atoms with Gasteiger partial charge in [0, 0.05) is 17.9 Å². The number of hydrogen-bond donors (Lipinski definition) is 3. The Hall–Kier alpha value is -2.47. The Morgan fingerprint density at radius 3 is 2.38 bits per heavy atom. The Morgan fingerprint density at radius 1 is 1.00 bits per heavy atom. The fraction of sp³-hybridized carbons (Fsp3) is 0.300. The van der Waals surface area contributed by atoms with Gasteiger partial charge < -0.3 is 16.0 Å². The molecule has 0 aliphatic rings. The lowest BCUT2D eigenvalue weighted by atomic mass is 10.2. The van der Waals surface area contributed by atoms with Crippen LogP contribution in [0.4, 0.5) is 16.2 Å². The third-order valence-electron chi connectivity index (χ3n) is 3.53. The zero-order chi connectivity index (χ0) is 18.8. The van der Waals surface area contributed by atoms with Crippen LogP contribution in [0.1, 0.15) is 24.5 Å². The van der Waals surface area contributed by atoms with Crippen LogP contribution in [-0.4, -0.2) is 23.4 Å². The molecular formula is C20H25N3O2S. The van der Waals surface area contributed by atoms with Gasteiger partial charge in [-0.15, -0.1) is 0 Å². The van der Waals surface area contributed by atoms with Gasteiger partial charge in [-0.2, -0.15) is 11.8 Å². The van der Waals surface area contributed by atoms with Gasteiger partial charge >= 0.3 is 6.03 Å². The largest absolute Gasteiger partial charge is 0.351 e. The van der Waals surface area contributed by atoms with Crippen molar-refractivity contribution in [2.24, 2.45) is 0 Å². The van der Waals surface area contributed by atoms with E-state index in [1.165, 1.54) is 0 Å². The van der Waals surface area contributed by atoms with Crippen LogP contribution in [0.15, 0.2) is 48.5 Å². The highest BCUT2D eigenvalue weighted by atomic mass is 32.2. The summed E-state index contributed by atoms with van der Waals surface area (Å²) in [5.74, 6) is 1.49. The molecule has 0 bridgehead atoms. The van der Waals surface area contributed by atoms with Gasteiger partial charge in [0.1, 0.15) is 0 Å². The minimum atomic E-state index is -0.298. The molecule has 5 nitrogen and oxygen atoms in total. The molecule has 0 aliphatic carbocycles. The molecule has 0 saturated carbocycles. The maximum absolute atomic E-state index is 12.1. The van der Waals surface area contributed by atoms with E-state index in [1.807, 2.05) is 55.5 Å². The summed E-state index contributed by atoms with van der Waals surface area (Å²) in [5, 5.41) is 8.52. The van der Waals surface area contributed by atoms with E-state index in [9.17, 15) is 9.59 Å². The summed E-state index contributed by atoms with van der Waals surface area (Å²) in [5.41, 5.74) is 3.45. The minimum Gasteiger partial charge on any atom is -0.351 e. The lowest BCUT2D eigenvalue weighted by Gasteiger charge is -2.10. The van der Waals surface area contributed by atoms with Gasteiger partial charge in [-0.25, -0.2) is 4.79 Å². The molecule has 0 atom stereocenters. The average Bonchev–Trinajstić information content (AvgIpc) is 2.60. The third kappa shape index (κ3) is 7.19. The number of carbonyl (C=O) groups is 2. The fourth-order valence-corrected chi connectivity index (χ4v) is 3.06. The first-order valence-corrected chi connectivity index (χ1v) is 9.80. The molecule has 2 rings (SSSR count). The van der Waals surface area contributed by atoms with E-state index in [0.717, 1.165) is 29.0 Å². The van der Waals surface area contributed by atoms with Crippen LogP contribution < -0.4 is 16.0 Å². The Labute approximate surface area is 159 Å². The van der Waals surface area contributed by atoms with Crippen LogP contribution in [0.5, 0.6) is 0 Å². The van der Waals surface area contributed by atoms with Gasteiger partial charge in [0.15, 0.2) is 0 Å². The number of thioether (sulfide) groups is 1. The maximum Gasteiger partial charge on any atom is 0.323 e. The molecule has 0 heterocycles. The van der Waals surface area contributed by atoms with Crippen LogP contribution >= 0.6 is 11.8 Å². The van der Waals surface area contributed by atoms with Crippen LogP contribution in [0.3, 0.4) is 0 Å². The molecule has 0 saturated heterocycles. The molecule has 0 unspecified atom stereocenters.